The van der Waals surface area contributed by atoms with Crippen LogP contribution in [0.25, 0.3) is 16.7 Å². The molecule has 2 aliphatic rings. The summed E-state index contributed by atoms with van der Waals surface area (Å²) >= 11 is 0. The molecule has 3 aromatic rings. The lowest BCUT2D eigenvalue weighted by atomic mass is 9.97. The van der Waals surface area contributed by atoms with Crippen LogP contribution in [0.3, 0.4) is 0 Å². The van der Waals surface area contributed by atoms with E-state index in [9.17, 15) is 4.79 Å². The molecule has 5 rings (SSSR count). The van der Waals surface area contributed by atoms with Gasteiger partial charge in [0, 0.05) is 33.8 Å². The number of para-hydroxylation sites is 1. The molecule has 140 valence electrons. The van der Waals surface area contributed by atoms with Gasteiger partial charge in [-0.05, 0) is 18.2 Å². The van der Waals surface area contributed by atoms with E-state index in [0.29, 0.717) is 28.4 Å². The van der Waals surface area contributed by atoms with Gasteiger partial charge >= 0.3 is 5.97 Å². The first kappa shape index (κ1) is 16.5. The molecule has 6 heteroatoms. The van der Waals surface area contributed by atoms with E-state index in [4.69, 9.17) is 18.9 Å². The fourth-order valence-electron chi connectivity index (χ4n) is 3.65. The van der Waals surface area contributed by atoms with Crippen molar-refractivity contribution < 1.29 is 23.7 Å². The second kappa shape index (κ2) is 6.20. The topological polar surface area (TPSA) is 69.8 Å². The summed E-state index contributed by atoms with van der Waals surface area (Å²) in [5.74, 6) is 1.31. The van der Waals surface area contributed by atoms with Gasteiger partial charge in [-0.15, -0.1) is 0 Å². The van der Waals surface area contributed by atoms with E-state index in [1.165, 1.54) is 7.11 Å². The molecule has 2 aromatic carbocycles. The Morgan fingerprint density at radius 2 is 2.00 bits per heavy atom. The number of carbonyl (C=O) groups excluding carboxylic acids is 1. The van der Waals surface area contributed by atoms with E-state index in [1.54, 1.807) is 0 Å². The summed E-state index contributed by atoms with van der Waals surface area (Å²) in [5, 5.41) is 0.957. The molecule has 1 aromatic heterocycles. The van der Waals surface area contributed by atoms with Crippen LogP contribution in [0.1, 0.15) is 17.2 Å². The number of aromatic amines is 1. The SMILES string of the molecule is C=C1C(C(=O)OC)=C(c2c[nH]c3ccccc23)OC1c1ccc2c(c1)OCO2. The van der Waals surface area contributed by atoms with Gasteiger partial charge in [-0.2, -0.15) is 0 Å². The zero-order valence-electron chi connectivity index (χ0n) is 15.2. The number of hydrogen-bond acceptors (Lipinski definition) is 5. The molecule has 0 aliphatic carbocycles. The molecule has 2 aliphatic heterocycles. The van der Waals surface area contributed by atoms with Gasteiger partial charge in [-0.1, -0.05) is 30.8 Å². The maximum Gasteiger partial charge on any atom is 0.342 e. The van der Waals surface area contributed by atoms with Crippen LogP contribution >= 0.6 is 0 Å². The molecule has 6 nitrogen and oxygen atoms in total. The minimum absolute atomic E-state index is 0.192. The summed E-state index contributed by atoms with van der Waals surface area (Å²) < 4.78 is 22.1. The average Bonchev–Trinajstić information content (AvgIpc) is 3.43. The number of methoxy groups -OCH3 is 1. The Bertz CT molecular complexity index is 1160. The molecule has 1 N–H and O–H groups in total. The Morgan fingerprint density at radius 1 is 1.18 bits per heavy atom. The number of nitrogens with one attached hydrogen (secondary N) is 1. The predicted molar refractivity (Wildman–Crippen MR) is 103 cm³/mol. The molecule has 0 amide bonds. The quantitative estimate of drug-likeness (QED) is 0.698. The van der Waals surface area contributed by atoms with Crippen LogP contribution < -0.4 is 9.47 Å². The molecule has 0 radical (unpaired) electrons. The number of hydrogen-bond donors (Lipinski definition) is 1. The highest BCUT2D eigenvalue weighted by Gasteiger charge is 2.37. The molecular weight excluding hydrogens is 358 g/mol. The summed E-state index contributed by atoms with van der Waals surface area (Å²) in [5.41, 5.74) is 3.46. The van der Waals surface area contributed by atoms with Crippen LogP contribution in [0, 0.1) is 0 Å². The normalized spacial score (nSPS) is 17.9. The van der Waals surface area contributed by atoms with Crippen molar-refractivity contribution in [2.24, 2.45) is 0 Å². The zero-order chi connectivity index (χ0) is 19.3. The van der Waals surface area contributed by atoms with Crippen molar-refractivity contribution in [3.63, 3.8) is 0 Å². The lowest BCUT2D eigenvalue weighted by Crippen LogP contribution is -2.07. The molecular formula is C22H17NO5. The highest BCUT2D eigenvalue weighted by atomic mass is 16.7. The molecule has 0 fully saturated rings. The Morgan fingerprint density at radius 3 is 2.86 bits per heavy atom. The van der Waals surface area contributed by atoms with E-state index in [1.807, 2.05) is 48.7 Å². The third kappa shape index (κ3) is 2.38. The van der Waals surface area contributed by atoms with E-state index in [0.717, 1.165) is 22.0 Å². The number of fused-ring (bicyclic) bond motifs is 2. The monoisotopic (exact) mass is 375 g/mol. The van der Waals surface area contributed by atoms with Crippen LogP contribution in [-0.2, 0) is 14.3 Å². The van der Waals surface area contributed by atoms with E-state index in [-0.39, 0.29) is 6.79 Å². The van der Waals surface area contributed by atoms with Gasteiger partial charge in [-0.25, -0.2) is 4.79 Å². The van der Waals surface area contributed by atoms with Gasteiger partial charge in [0.2, 0.25) is 6.79 Å². The molecule has 0 saturated heterocycles. The molecule has 1 atom stereocenters. The molecule has 0 saturated carbocycles. The second-order valence-electron chi connectivity index (χ2n) is 6.58. The van der Waals surface area contributed by atoms with Gasteiger partial charge in [0.25, 0.3) is 0 Å². The smallest absolute Gasteiger partial charge is 0.342 e. The van der Waals surface area contributed by atoms with Crippen molar-refractivity contribution in [1.29, 1.82) is 0 Å². The highest BCUT2D eigenvalue weighted by Crippen LogP contribution is 2.47. The van der Waals surface area contributed by atoms with Crippen molar-refractivity contribution in [3.05, 3.63) is 77.5 Å². The molecule has 1 unspecified atom stereocenters. The van der Waals surface area contributed by atoms with Gasteiger partial charge in [0.15, 0.2) is 11.5 Å². The standard InChI is InChI=1S/C22H17NO5/c1-12-19(22(24)25-2)21(15-10-23-16-6-4-3-5-14(15)16)28-20(12)13-7-8-17-18(9-13)27-11-26-17/h3-10,20,23H,1,11H2,2H3. The Balaban J connectivity index is 1.61. The summed E-state index contributed by atoms with van der Waals surface area (Å²) in [7, 11) is 1.35. The minimum atomic E-state index is -0.521. The van der Waals surface area contributed by atoms with Crippen LogP contribution in [0.2, 0.25) is 0 Å². The number of aromatic nitrogens is 1. The van der Waals surface area contributed by atoms with Crippen LogP contribution in [-0.4, -0.2) is 24.9 Å². The molecule has 0 bridgehead atoms. The summed E-state index contributed by atoms with van der Waals surface area (Å²) in [6, 6.07) is 13.4. The maximum absolute atomic E-state index is 12.6. The van der Waals surface area contributed by atoms with Gasteiger partial charge < -0.3 is 23.9 Å². The summed E-state index contributed by atoms with van der Waals surface area (Å²) in [6.45, 7) is 4.32. The van der Waals surface area contributed by atoms with Crippen LogP contribution in [0.4, 0.5) is 0 Å². The van der Waals surface area contributed by atoms with E-state index >= 15 is 0 Å². The Labute approximate surface area is 161 Å². The third-order valence-electron chi connectivity index (χ3n) is 5.02. The molecule has 28 heavy (non-hydrogen) atoms. The zero-order valence-corrected chi connectivity index (χ0v) is 15.2. The van der Waals surface area contributed by atoms with Crippen molar-refractivity contribution in [3.8, 4) is 11.5 Å². The number of esters is 1. The fraction of sp³-hybridized carbons (Fsp3) is 0.136. The van der Waals surface area contributed by atoms with Gasteiger partial charge in [0.1, 0.15) is 17.4 Å². The predicted octanol–water partition coefficient (Wildman–Crippen LogP) is 4.11. The summed E-state index contributed by atoms with van der Waals surface area (Å²) in [4.78, 5) is 15.8. The first-order valence-electron chi connectivity index (χ1n) is 8.82. The lowest BCUT2D eigenvalue weighted by Gasteiger charge is -2.15. The summed E-state index contributed by atoms with van der Waals surface area (Å²) in [6.07, 6.45) is 1.31. The largest absolute Gasteiger partial charge is 0.479 e. The van der Waals surface area contributed by atoms with E-state index in [2.05, 4.69) is 11.6 Å². The first-order valence-corrected chi connectivity index (χ1v) is 8.82. The number of benzene rings is 2. The minimum Gasteiger partial charge on any atom is -0.479 e. The Kier molecular flexibility index (Phi) is 3.65. The maximum atomic E-state index is 12.6. The third-order valence-corrected chi connectivity index (χ3v) is 5.02. The van der Waals surface area contributed by atoms with Crippen molar-refractivity contribution in [2.45, 2.75) is 6.10 Å². The van der Waals surface area contributed by atoms with Crippen molar-refractivity contribution >= 4 is 22.6 Å². The molecule has 0 spiro atoms. The lowest BCUT2D eigenvalue weighted by molar-refractivity contribution is -0.135. The van der Waals surface area contributed by atoms with Crippen molar-refractivity contribution in [1.82, 2.24) is 4.98 Å². The van der Waals surface area contributed by atoms with Gasteiger partial charge in [0.05, 0.1) is 7.11 Å². The number of rotatable bonds is 3. The first-order chi connectivity index (χ1) is 13.7. The number of carbonyl (C=O) groups is 1. The Hall–Kier alpha value is -3.67. The van der Waals surface area contributed by atoms with Crippen LogP contribution in [0.5, 0.6) is 11.5 Å². The number of H-pyrrole nitrogens is 1. The van der Waals surface area contributed by atoms with Crippen molar-refractivity contribution in [2.75, 3.05) is 13.9 Å². The fourth-order valence-corrected chi connectivity index (χ4v) is 3.65. The average molecular weight is 375 g/mol. The molecule has 3 heterocycles. The van der Waals surface area contributed by atoms with Gasteiger partial charge in [-0.3, -0.25) is 0 Å². The highest BCUT2D eigenvalue weighted by molar-refractivity contribution is 6.05. The van der Waals surface area contributed by atoms with Crippen LogP contribution in [0.15, 0.2) is 66.4 Å². The second-order valence-corrected chi connectivity index (χ2v) is 6.58. The van der Waals surface area contributed by atoms with E-state index < -0.39 is 12.1 Å². The number of ether oxygens (including phenoxy) is 4.